The summed E-state index contributed by atoms with van der Waals surface area (Å²) in [5.74, 6) is 2.92. The maximum atomic E-state index is 13.6. The Labute approximate surface area is 279 Å². The van der Waals surface area contributed by atoms with Gasteiger partial charge in [0.25, 0.3) is 11.5 Å². The van der Waals surface area contributed by atoms with Gasteiger partial charge in [-0.1, -0.05) is 13.3 Å². The van der Waals surface area contributed by atoms with Gasteiger partial charge in [0.15, 0.2) is 5.65 Å². The van der Waals surface area contributed by atoms with Crippen molar-refractivity contribution in [3.8, 4) is 12.3 Å². The third-order valence-corrected chi connectivity index (χ3v) is 10.9. The number of carbonyl (C=O) groups excluding carboxylic acids is 2. The lowest BCUT2D eigenvalue weighted by Gasteiger charge is -2.51. The van der Waals surface area contributed by atoms with Crippen LogP contribution in [0, 0.1) is 17.8 Å². The van der Waals surface area contributed by atoms with Gasteiger partial charge in [-0.05, 0) is 88.5 Å². The van der Waals surface area contributed by atoms with Crippen molar-refractivity contribution in [1.29, 1.82) is 0 Å². The van der Waals surface area contributed by atoms with Gasteiger partial charge in [-0.25, -0.2) is 9.78 Å². The van der Waals surface area contributed by atoms with Crippen LogP contribution in [0.15, 0.2) is 38.8 Å². The summed E-state index contributed by atoms with van der Waals surface area (Å²) in [6, 6.07) is 4.48. The number of aromatic nitrogens is 4. The van der Waals surface area contributed by atoms with Gasteiger partial charge in [0.2, 0.25) is 5.91 Å². The third kappa shape index (κ3) is 7.11. The SMILES string of the molecule is C#CCCCCNC(=O)C12CCC(c3nc4c([nH]3)c(=O)n(CCCC)c(=O)n4CCCNC(=O)c3ccc(S(=O)(=O)F)cc3)(CC1)CC2. The van der Waals surface area contributed by atoms with Crippen LogP contribution in [-0.2, 0) is 33.5 Å². The van der Waals surface area contributed by atoms with Crippen LogP contribution in [0.2, 0.25) is 0 Å². The molecule has 258 valence electrons. The summed E-state index contributed by atoms with van der Waals surface area (Å²) in [7, 11) is -4.87. The molecule has 0 aliphatic heterocycles. The first kappa shape index (κ1) is 35.1. The topological polar surface area (TPSA) is 165 Å². The van der Waals surface area contributed by atoms with Crippen molar-refractivity contribution in [1.82, 2.24) is 29.7 Å². The van der Waals surface area contributed by atoms with Crippen LogP contribution in [0.5, 0.6) is 0 Å². The molecule has 3 aliphatic rings. The zero-order chi connectivity index (χ0) is 34.5. The van der Waals surface area contributed by atoms with Gasteiger partial charge >= 0.3 is 15.9 Å². The molecule has 2 amide bonds. The quantitative estimate of drug-likeness (QED) is 0.125. The van der Waals surface area contributed by atoms with E-state index in [2.05, 4.69) is 21.5 Å². The van der Waals surface area contributed by atoms with Gasteiger partial charge < -0.3 is 15.6 Å². The number of unbranched alkanes of at least 4 members (excludes halogenated alkanes) is 3. The lowest BCUT2D eigenvalue weighted by Crippen LogP contribution is -2.52. The number of aryl methyl sites for hydroxylation is 1. The highest BCUT2D eigenvalue weighted by Gasteiger charge is 2.54. The van der Waals surface area contributed by atoms with E-state index < -0.39 is 37.7 Å². The molecule has 3 aliphatic carbocycles. The van der Waals surface area contributed by atoms with Crippen LogP contribution in [0.25, 0.3) is 11.2 Å². The first-order valence-corrected chi connectivity index (χ1v) is 18.1. The first-order valence-electron chi connectivity index (χ1n) is 16.7. The van der Waals surface area contributed by atoms with Crippen molar-refractivity contribution in [3.05, 3.63) is 56.5 Å². The summed E-state index contributed by atoms with van der Waals surface area (Å²) in [4.78, 5) is 60.7. The number of nitrogens with zero attached hydrogens (tertiary/aromatic N) is 3. The highest BCUT2D eigenvalue weighted by molar-refractivity contribution is 7.86. The van der Waals surface area contributed by atoms with Crippen LogP contribution in [0.1, 0.15) is 100 Å². The standard InChI is InChI=1S/C34H43FN6O6S/c1-3-5-7-8-20-37-31(44)34-17-14-33(15-18-34,16-19-34)30-38-26-27(39-30)40(32(45)41(29(26)43)22-6-4-2)23-9-21-36-28(42)24-10-12-25(13-11-24)48(35,46)47/h1,10-13H,4-9,14-23H2,2H3,(H,36,42)(H,37,44)(H,38,39). The Morgan fingerprint density at radius 3 is 2.23 bits per heavy atom. The largest absolute Gasteiger partial charge is 0.356 e. The maximum absolute atomic E-state index is 13.6. The number of amides is 2. The Kier molecular flexibility index (Phi) is 10.6. The molecular formula is C34H43FN6O6S. The zero-order valence-electron chi connectivity index (χ0n) is 27.3. The normalized spacial score (nSPS) is 20.4. The van der Waals surface area contributed by atoms with E-state index >= 15 is 0 Å². The molecule has 3 N–H and O–H groups in total. The number of carbonyl (C=O) groups is 2. The number of imidazole rings is 1. The molecule has 48 heavy (non-hydrogen) atoms. The average molecular weight is 683 g/mol. The van der Waals surface area contributed by atoms with E-state index in [-0.39, 0.29) is 47.7 Å². The zero-order valence-corrected chi connectivity index (χ0v) is 28.1. The molecule has 12 nitrogen and oxygen atoms in total. The molecule has 0 saturated heterocycles. The molecule has 3 fully saturated rings. The Morgan fingerprint density at radius 1 is 0.958 bits per heavy atom. The Hall–Kier alpha value is -4.25. The van der Waals surface area contributed by atoms with Gasteiger partial charge in [0.1, 0.15) is 11.3 Å². The summed E-state index contributed by atoms with van der Waals surface area (Å²) < 4.78 is 38.0. The smallest absolute Gasteiger partial charge is 0.332 e. The van der Waals surface area contributed by atoms with E-state index in [1.807, 2.05) is 6.92 Å². The van der Waals surface area contributed by atoms with Crippen molar-refractivity contribution in [3.63, 3.8) is 0 Å². The van der Waals surface area contributed by atoms with E-state index in [0.29, 0.717) is 31.6 Å². The van der Waals surface area contributed by atoms with Crippen LogP contribution < -0.4 is 21.9 Å². The number of hydrogen-bond acceptors (Lipinski definition) is 7. The van der Waals surface area contributed by atoms with Gasteiger partial charge in [-0.2, -0.15) is 8.42 Å². The molecule has 3 saturated carbocycles. The molecular weight excluding hydrogens is 639 g/mol. The molecule has 6 rings (SSSR count). The van der Waals surface area contributed by atoms with Gasteiger partial charge in [-0.15, -0.1) is 16.2 Å². The lowest BCUT2D eigenvalue weighted by atomic mass is 9.53. The summed E-state index contributed by atoms with van der Waals surface area (Å²) in [5.41, 5.74) is -0.874. The van der Waals surface area contributed by atoms with E-state index in [1.165, 1.54) is 21.3 Å². The second-order valence-corrected chi connectivity index (χ2v) is 14.4. The maximum Gasteiger partial charge on any atom is 0.332 e. The number of nitrogens with one attached hydrogen (secondary N) is 3. The molecule has 0 atom stereocenters. The molecule has 0 radical (unpaired) electrons. The van der Waals surface area contributed by atoms with E-state index in [0.717, 1.165) is 69.9 Å². The Bertz CT molecular complexity index is 1910. The van der Waals surface area contributed by atoms with Gasteiger partial charge in [0.05, 0.1) is 4.90 Å². The molecule has 1 aromatic carbocycles. The second-order valence-electron chi connectivity index (χ2n) is 13.1. The molecule has 3 aromatic rings. The van der Waals surface area contributed by atoms with Crippen molar-refractivity contribution in [2.75, 3.05) is 13.1 Å². The number of H-pyrrole nitrogens is 1. The van der Waals surface area contributed by atoms with E-state index in [4.69, 9.17) is 11.4 Å². The molecule has 2 bridgehead atoms. The predicted octanol–water partition coefficient (Wildman–Crippen LogP) is 3.68. The minimum Gasteiger partial charge on any atom is -0.356 e. The van der Waals surface area contributed by atoms with Crippen molar-refractivity contribution in [2.45, 2.75) is 107 Å². The fourth-order valence-electron chi connectivity index (χ4n) is 7.07. The first-order chi connectivity index (χ1) is 22.9. The highest BCUT2D eigenvalue weighted by Crippen LogP contribution is 2.57. The minimum atomic E-state index is -4.87. The number of terminal acetylenes is 1. The average Bonchev–Trinajstić information content (AvgIpc) is 3.55. The van der Waals surface area contributed by atoms with E-state index in [1.54, 1.807) is 0 Å². The summed E-state index contributed by atoms with van der Waals surface area (Å²) in [6.07, 6.45) is 13.9. The number of hydrogen-bond donors (Lipinski definition) is 3. The number of halogens is 1. The van der Waals surface area contributed by atoms with Crippen LogP contribution in [0.3, 0.4) is 0 Å². The minimum absolute atomic E-state index is 0.102. The Morgan fingerprint density at radius 2 is 1.60 bits per heavy atom. The molecule has 2 heterocycles. The Balaban J connectivity index is 1.31. The van der Waals surface area contributed by atoms with Gasteiger partial charge in [-0.3, -0.25) is 23.5 Å². The fourth-order valence-corrected chi connectivity index (χ4v) is 7.53. The number of aromatic amines is 1. The van der Waals surface area contributed by atoms with Crippen LogP contribution in [0.4, 0.5) is 3.89 Å². The van der Waals surface area contributed by atoms with Crippen molar-refractivity contribution in [2.24, 2.45) is 5.41 Å². The van der Waals surface area contributed by atoms with Gasteiger partial charge in [0, 0.05) is 49.0 Å². The lowest BCUT2D eigenvalue weighted by molar-refractivity contribution is -0.138. The van der Waals surface area contributed by atoms with Crippen LogP contribution in [-0.4, -0.2) is 52.4 Å². The van der Waals surface area contributed by atoms with E-state index in [9.17, 15) is 31.5 Å². The van der Waals surface area contributed by atoms with Crippen molar-refractivity contribution >= 4 is 33.2 Å². The summed E-state index contributed by atoms with van der Waals surface area (Å²) in [5, 5.41) is 5.85. The predicted molar refractivity (Wildman–Crippen MR) is 179 cm³/mol. The summed E-state index contributed by atoms with van der Waals surface area (Å²) >= 11 is 0. The number of benzene rings is 1. The molecule has 0 unspecified atom stereocenters. The summed E-state index contributed by atoms with van der Waals surface area (Å²) in [6.45, 7) is 3.23. The monoisotopic (exact) mass is 682 g/mol. The number of rotatable bonds is 15. The molecule has 14 heteroatoms. The van der Waals surface area contributed by atoms with Crippen LogP contribution >= 0.6 is 0 Å². The molecule has 2 aromatic heterocycles. The fraction of sp³-hybridized carbons (Fsp3) is 0.559. The molecule has 0 spiro atoms. The van der Waals surface area contributed by atoms with Crippen molar-refractivity contribution < 1.29 is 21.9 Å². The third-order valence-electron chi connectivity index (χ3n) is 10.1. The second kappa shape index (κ2) is 14.5. The highest BCUT2D eigenvalue weighted by atomic mass is 32.3. The number of fused-ring (bicyclic) bond motifs is 4.